The van der Waals surface area contributed by atoms with Crippen LogP contribution in [0.2, 0.25) is 0 Å². The van der Waals surface area contributed by atoms with Gasteiger partial charge >= 0.3 is 0 Å². The Morgan fingerprint density at radius 3 is 2.54 bits per heavy atom. The monoisotopic (exact) mass is 345 g/mol. The van der Waals surface area contributed by atoms with Crippen LogP contribution in [0.3, 0.4) is 0 Å². The van der Waals surface area contributed by atoms with Gasteiger partial charge in [-0.25, -0.2) is 4.98 Å². The second-order valence-corrected chi connectivity index (χ2v) is 6.31. The van der Waals surface area contributed by atoms with Gasteiger partial charge < -0.3 is 15.5 Å². The smallest absolute Gasteiger partial charge is 0.288 e. The molecule has 3 heterocycles. The summed E-state index contributed by atoms with van der Waals surface area (Å²) in [6.07, 6.45) is 5.35. The topological polar surface area (TPSA) is 82.9 Å². The van der Waals surface area contributed by atoms with Gasteiger partial charge in [0, 0.05) is 6.07 Å². The van der Waals surface area contributed by atoms with Crippen LogP contribution in [-0.2, 0) is 0 Å². The van der Waals surface area contributed by atoms with E-state index in [2.05, 4.69) is 59.9 Å². The van der Waals surface area contributed by atoms with Crippen LogP contribution in [0.25, 0.3) is 16.1 Å². The highest BCUT2D eigenvalue weighted by atomic mass is 15.2. The van der Waals surface area contributed by atoms with Gasteiger partial charge in [-0.2, -0.15) is 5.10 Å². The predicted molar refractivity (Wildman–Crippen MR) is 100 cm³/mol. The Labute approximate surface area is 151 Å². The van der Waals surface area contributed by atoms with Crippen molar-refractivity contribution in [3.63, 3.8) is 0 Å². The number of anilines is 2. The first kappa shape index (κ1) is 16.2. The van der Waals surface area contributed by atoms with Crippen molar-refractivity contribution in [2.75, 3.05) is 18.4 Å². The third-order valence-electron chi connectivity index (χ3n) is 4.62. The van der Waals surface area contributed by atoms with Gasteiger partial charge in [0.25, 0.3) is 5.82 Å². The van der Waals surface area contributed by atoms with Crippen molar-refractivity contribution in [3.05, 3.63) is 59.7 Å². The maximum absolute atomic E-state index is 6.90. The van der Waals surface area contributed by atoms with E-state index in [9.17, 15) is 0 Å². The number of nitrogens with zero attached hydrogens (tertiary/aromatic N) is 4. The number of rotatable bonds is 4. The van der Waals surface area contributed by atoms with E-state index in [-0.39, 0.29) is 5.82 Å². The summed E-state index contributed by atoms with van der Waals surface area (Å²) in [5.74, 6) is 2.14. The molecule has 7 heteroatoms. The Bertz CT molecular complexity index is 900. The first-order valence-corrected chi connectivity index (χ1v) is 8.65. The molecule has 4 rings (SSSR count). The molecule has 0 amide bonds. The summed E-state index contributed by atoms with van der Waals surface area (Å²) in [7, 11) is 0. The molecule has 26 heavy (non-hydrogen) atoms. The lowest BCUT2D eigenvalue weighted by atomic mass is 9.89. The van der Waals surface area contributed by atoms with Crippen molar-refractivity contribution in [3.8, 4) is 11.3 Å². The summed E-state index contributed by atoms with van der Waals surface area (Å²) < 4.78 is 0. The lowest BCUT2D eigenvalue weighted by Gasteiger charge is -2.23. The maximum Gasteiger partial charge on any atom is 0.288 e. The van der Waals surface area contributed by atoms with Crippen molar-refractivity contribution in [1.29, 1.82) is 0 Å². The molecule has 0 unspecified atom stereocenters. The van der Waals surface area contributed by atoms with Crippen molar-refractivity contribution in [1.82, 2.24) is 25.5 Å². The normalized spacial score (nSPS) is 14.7. The van der Waals surface area contributed by atoms with E-state index in [0.29, 0.717) is 17.6 Å². The summed E-state index contributed by atoms with van der Waals surface area (Å²) in [6, 6.07) is 10.6. The number of nitrogens with one attached hydrogen (secondary N) is 3. The zero-order valence-electron chi connectivity index (χ0n) is 14.2. The molecule has 0 spiro atoms. The minimum absolute atomic E-state index is 0.270. The van der Waals surface area contributed by atoms with Gasteiger partial charge in [-0.05, 0) is 43.0 Å². The molecule has 1 fully saturated rings. The van der Waals surface area contributed by atoms with E-state index in [0.717, 1.165) is 24.3 Å². The highest BCUT2D eigenvalue weighted by Crippen LogP contribution is 2.28. The Morgan fingerprint density at radius 1 is 1.04 bits per heavy atom. The minimum Gasteiger partial charge on any atom is -0.359 e. The number of aromatic nitrogens is 4. The maximum atomic E-state index is 6.90. The van der Waals surface area contributed by atoms with Gasteiger partial charge in [0.1, 0.15) is 0 Å². The molecule has 1 aromatic carbocycles. The third-order valence-corrected chi connectivity index (χ3v) is 4.62. The van der Waals surface area contributed by atoms with Crippen LogP contribution in [0, 0.1) is 6.57 Å². The largest absolute Gasteiger partial charge is 0.359 e. The number of piperidine rings is 1. The molecule has 1 aliphatic heterocycles. The van der Waals surface area contributed by atoms with Crippen molar-refractivity contribution in [2.45, 2.75) is 18.8 Å². The van der Waals surface area contributed by atoms with Gasteiger partial charge in [0.2, 0.25) is 0 Å². The molecule has 1 saturated heterocycles. The average Bonchev–Trinajstić information content (AvgIpc) is 3.18. The van der Waals surface area contributed by atoms with Gasteiger partial charge in [-0.15, -0.1) is 4.98 Å². The minimum atomic E-state index is 0.270. The average molecular weight is 345 g/mol. The Kier molecular flexibility index (Phi) is 4.58. The van der Waals surface area contributed by atoms with Gasteiger partial charge in [-0.1, -0.05) is 30.8 Å². The highest BCUT2D eigenvalue weighted by molar-refractivity contribution is 5.65. The van der Waals surface area contributed by atoms with E-state index < -0.39 is 0 Å². The molecule has 7 nitrogen and oxygen atoms in total. The molecule has 130 valence electrons. The molecular weight excluding hydrogens is 326 g/mol. The molecule has 2 aromatic heterocycles. The van der Waals surface area contributed by atoms with Crippen LogP contribution in [0.1, 0.15) is 24.3 Å². The molecule has 1 aliphatic rings. The van der Waals surface area contributed by atoms with Crippen LogP contribution in [0.4, 0.5) is 17.5 Å². The number of benzene rings is 1. The Balaban J connectivity index is 1.46. The first-order valence-electron chi connectivity index (χ1n) is 8.65. The quantitative estimate of drug-likeness (QED) is 0.629. The molecule has 3 N–H and O–H groups in total. The van der Waals surface area contributed by atoms with Crippen LogP contribution < -0.4 is 10.6 Å². The molecule has 0 saturated carbocycles. The highest BCUT2D eigenvalue weighted by Gasteiger charge is 2.15. The van der Waals surface area contributed by atoms with Gasteiger partial charge in [0.05, 0.1) is 11.9 Å². The zero-order chi connectivity index (χ0) is 17.8. The number of hydrogen-bond acceptors (Lipinski definition) is 5. The van der Waals surface area contributed by atoms with E-state index in [4.69, 9.17) is 6.57 Å². The fourth-order valence-electron chi connectivity index (χ4n) is 3.20. The standard InChI is InChI=1S/C19H19N7/c1-20-18-11-23-19(12-22-18)24-17-10-16(25-26-17)15-4-2-13(3-5-15)14-6-8-21-9-7-14/h2-5,10-12,14,21H,6-9H2,(H2,23,24,25,26). The summed E-state index contributed by atoms with van der Waals surface area (Å²) in [6.45, 7) is 9.09. The third kappa shape index (κ3) is 3.55. The number of hydrogen-bond donors (Lipinski definition) is 3. The number of aromatic amines is 1. The molecular formula is C19H19N7. The second kappa shape index (κ2) is 7.33. The van der Waals surface area contributed by atoms with E-state index in [1.807, 2.05) is 6.07 Å². The second-order valence-electron chi connectivity index (χ2n) is 6.31. The van der Waals surface area contributed by atoms with Crippen LogP contribution >= 0.6 is 0 Å². The van der Waals surface area contributed by atoms with Gasteiger partial charge in [-0.3, -0.25) is 5.10 Å². The molecule has 0 bridgehead atoms. The molecule has 0 radical (unpaired) electrons. The van der Waals surface area contributed by atoms with Crippen molar-refractivity contribution < 1.29 is 0 Å². The SMILES string of the molecule is [C-]#[N+]c1cnc(Nc2cc(-c3ccc(C4CCNCC4)cc3)[nH]n2)cn1. The summed E-state index contributed by atoms with van der Waals surface area (Å²) in [5.41, 5.74) is 3.44. The van der Waals surface area contributed by atoms with Crippen LogP contribution in [0.15, 0.2) is 42.7 Å². The summed E-state index contributed by atoms with van der Waals surface area (Å²) in [5, 5.41) is 13.8. The first-order chi connectivity index (χ1) is 12.8. The fraction of sp³-hybridized carbons (Fsp3) is 0.263. The van der Waals surface area contributed by atoms with E-state index in [1.165, 1.54) is 30.8 Å². The summed E-state index contributed by atoms with van der Waals surface area (Å²) in [4.78, 5) is 11.4. The predicted octanol–water partition coefficient (Wildman–Crippen LogP) is 3.63. The van der Waals surface area contributed by atoms with E-state index >= 15 is 0 Å². The zero-order valence-corrected chi connectivity index (χ0v) is 14.2. The molecule has 0 atom stereocenters. The number of H-pyrrole nitrogens is 1. The van der Waals surface area contributed by atoms with E-state index in [1.54, 1.807) is 0 Å². The lowest BCUT2D eigenvalue weighted by molar-refractivity contribution is 0.460. The molecule has 0 aliphatic carbocycles. The molecule has 3 aromatic rings. The lowest BCUT2D eigenvalue weighted by Crippen LogP contribution is -2.26. The van der Waals surface area contributed by atoms with Crippen LogP contribution in [-0.4, -0.2) is 33.3 Å². The van der Waals surface area contributed by atoms with Gasteiger partial charge in [0.15, 0.2) is 17.8 Å². The Hall–Kier alpha value is -3.24. The van der Waals surface area contributed by atoms with Crippen molar-refractivity contribution in [2.24, 2.45) is 0 Å². The van der Waals surface area contributed by atoms with Crippen molar-refractivity contribution >= 4 is 17.5 Å². The Morgan fingerprint density at radius 2 is 1.85 bits per heavy atom. The summed E-state index contributed by atoms with van der Waals surface area (Å²) >= 11 is 0. The van der Waals surface area contributed by atoms with Crippen LogP contribution in [0.5, 0.6) is 0 Å². The fourth-order valence-corrected chi connectivity index (χ4v) is 3.20.